The lowest BCUT2D eigenvalue weighted by atomic mass is 10.1. The van der Waals surface area contributed by atoms with Crippen LogP contribution in [0.2, 0.25) is 5.15 Å². The van der Waals surface area contributed by atoms with E-state index in [1.165, 1.54) is 0 Å². The molecule has 6 nitrogen and oxygen atoms in total. The van der Waals surface area contributed by atoms with Crippen molar-refractivity contribution in [2.45, 2.75) is 39.3 Å². The van der Waals surface area contributed by atoms with Gasteiger partial charge in [0.15, 0.2) is 0 Å². The van der Waals surface area contributed by atoms with E-state index in [4.69, 9.17) is 16.3 Å². The van der Waals surface area contributed by atoms with Crippen LogP contribution < -0.4 is 0 Å². The van der Waals surface area contributed by atoms with Crippen LogP contribution in [0, 0.1) is 0 Å². The average Bonchev–Trinajstić information content (AvgIpc) is 2.45. The first-order valence-electron chi connectivity index (χ1n) is 7.58. The van der Waals surface area contributed by atoms with Crippen molar-refractivity contribution in [2.24, 2.45) is 0 Å². The van der Waals surface area contributed by atoms with Crippen molar-refractivity contribution in [3.05, 3.63) is 29.0 Å². The summed E-state index contributed by atoms with van der Waals surface area (Å²) in [5.74, 6) is -0.167. The molecule has 1 aliphatic heterocycles. The SMILES string of the molecule is C[C@H]1CN(C(=O)OC(C)(C)C)CCN1C(=O)c1cccnc1Cl. The number of hydrogen-bond donors (Lipinski definition) is 0. The minimum Gasteiger partial charge on any atom is -0.444 e. The quantitative estimate of drug-likeness (QED) is 0.738. The van der Waals surface area contributed by atoms with E-state index in [0.717, 1.165) is 0 Å². The maximum Gasteiger partial charge on any atom is 0.410 e. The molecule has 1 atom stereocenters. The number of rotatable bonds is 1. The van der Waals surface area contributed by atoms with E-state index < -0.39 is 5.60 Å². The summed E-state index contributed by atoms with van der Waals surface area (Å²) in [6.07, 6.45) is 1.19. The highest BCUT2D eigenvalue weighted by Gasteiger charge is 2.33. The Morgan fingerprint density at radius 3 is 2.61 bits per heavy atom. The largest absolute Gasteiger partial charge is 0.444 e. The lowest BCUT2D eigenvalue weighted by Crippen LogP contribution is -2.56. The summed E-state index contributed by atoms with van der Waals surface area (Å²) in [5.41, 5.74) is -0.150. The molecule has 0 aliphatic carbocycles. The minimum absolute atomic E-state index is 0.125. The molecule has 0 bridgehead atoms. The van der Waals surface area contributed by atoms with Gasteiger partial charge in [0.25, 0.3) is 5.91 Å². The van der Waals surface area contributed by atoms with Gasteiger partial charge in [0.2, 0.25) is 0 Å². The molecule has 1 aromatic heterocycles. The molecule has 1 fully saturated rings. The van der Waals surface area contributed by atoms with Crippen LogP contribution >= 0.6 is 11.6 Å². The van der Waals surface area contributed by atoms with Crippen LogP contribution in [0.1, 0.15) is 38.1 Å². The molecule has 126 valence electrons. The zero-order chi connectivity index (χ0) is 17.2. The van der Waals surface area contributed by atoms with E-state index in [2.05, 4.69) is 4.98 Å². The number of carbonyl (C=O) groups is 2. The molecule has 2 heterocycles. The second-order valence-electron chi connectivity index (χ2n) is 6.62. The van der Waals surface area contributed by atoms with Crippen molar-refractivity contribution in [1.82, 2.24) is 14.8 Å². The number of amides is 2. The van der Waals surface area contributed by atoms with Gasteiger partial charge < -0.3 is 14.5 Å². The second-order valence-corrected chi connectivity index (χ2v) is 6.97. The Balaban J connectivity index is 2.03. The lowest BCUT2D eigenvalue weighted by Gasteiger charge is -2.40. The number of carbonyl (C=O) groups excluding carboxylic acids is 2. The fourth-order valence-corrected chi connectivity index (χ4v) is 2.65. The van der Waals surface area contributed by atoms with Crippen molar-refractivity contribution < 1.29 is 14.3 Å². The average molecular weight is 340 g/mol. The number of nitrogens with zero attached hydrogens (tertiary/aromatic N) is 3. The molecule has 0 unspecified atom stereocenters. The third-order valence-electron chi connectivity index (χ3n) is 3.53. The first-order chi connectivity index (χ1) is 10.7. The van der Waals surface area contributed by atoms with Crippen LogP contribution in [0.3, 0.4) is 0 Å². The fourth-order valence-electron chi connectivity index (χ4n) is 2.45. The predicted molar refractivity (Wildman–Crippen MR) is 87.6 cm³/mol. The van der Waals surface area contributed by atoms with Crippen molar-refractivity contribution in [1.29, 1.82) is 0 Å². The van der Waals surface area contributed by atoms with Gasteiger partial charge in [-0.2, -0.15) is 0 Å². The fraction of sp³-hybridized carbons (Fsp3) is 0.562. The normalized spacial score (nSPS) is 18.7. The molecule has 0 radical (unpaired) electrons. The van der Waals surface area contributed by atoms with E-state index in [-0.39, 0.29) is 23.2 Å². The number of hydrogen-bond acceptors (Lipinski definition) is 4. The molecule has 0 spiro atoms. The van der Waals surface area contributed by atoms with Gasteiger partial charge in [0.05, 0.1) is 5.56 Å². The van der Waals surface area contributed by atoms with E-state index in [0.29, 0.717) is 25.2 Å². The molecule has 23 heavy (non-hydrogen) atoms. The van der Waals surface area contributed by atoms with Gasteiger partial charge in [-0.25, -0.2) is 9.78 Å². The van der Waals surface area contributed by atoms with Crippen molar-refractivity contribution in [3.63, 3.8) is 0 Å². The van der Waals surface area contributed by atoms with Crippen molar-refractivity contribution >= 4 is 23.6 Å². The number of ether oxygens (including phenoxy) is 1. The molecular formula is C16H22ClN3O3. The summed E-state index contributed by atoms with van der Waals surface area (Å²) in [4.78, 5) is 32.0. The highest BCUT2D eigenvalue weighted by Crippen LogP contribution is 2.19. The molecule has 0 N–H and O–H groups in total. The molecule has 2 amide bonds. The third kappa shape index (κ3) is 4.34. The molecule has 1 saturated heterocycles. The van der Waals surface area contributed by atoms with Gasteiger partial charge in [-0.05, 0) is 39.8 Å². The monoisotopic (exact) mass is 339 g/mol. The van der Waals surface area contributed by atoms with E-state index >= 15 is 0 Å². The number of pyridine rings is 1. The Labute approximate surface area is 141 Å². The standard InChI is InChI=1S/C16H22ClN3O3/c1-11-10-19(15(22)23-16(2,3)4)8-9-20(11)14(21)12-6-5-7-18-13(12)17/h5-7,11H,8-10H2,1-4H3/t11-/m0/s1. The Bertz CT molecular complexity index is 600. The van der Waals surface area contributed by atoms with Crippen LogP contribution in [0.15, 0.2) is 18.3 Å². The molecule has 1 aromatic rings. The van der Waals surface area contributed by atoms with Gasteiger partial charge in [-0.1, -0.05) is 11.6 Å². The summed E-state index contributed by atoms with van der Waals surface area (Å²) in [5, 5.41) is 0.194. The Kier molecular flexibility index (Phi) is 5.14. The molecule has 0 aromatic carbocycles. The molecule has 0 saturated carbocycles. The minimum atomic E-state index is -0.531. The van der Waals surface area contributed by atoms with Gasteiger partial charge in [-0.15, -0.1) is 0 Å². The van der Waals surface area contributed by atoms with E-state index in [1.54, 1.807) is 28.1 Å². The van der Waals surface area contributed by atoms with Crippen LogP contribution in [0.5, 0.6) is 0 Å². The Hall–Kier alpha value is -1.82. The topological polar surface area (TPSA) is 62.7 Å². The Morgan fingerprint density at radius 2 is 2.04 bits per heavy atom. The zero-order valence-corrected chi connectivity index (χ0v) is 14.6. The van der Waals surface area contributed by atoms with Crippen LogP contribution in [-0.4, -0.2) is 58.1 Å². The molecule has 7 heteroatoms. The van der Waals surface area contributed by atoms with Crippen molar-refractivity contribution in [2.75, 3.05) is 19.6 Å². The lowest BCUT2D eigenvalue weighted by molar-refractivity contribution is 0.00616. The van der Waals surface area contributed by atoms with E-state index in [1.807, 2.05) is 27.7 Å². The number of aromatic nitrogens is 1. The summed E-state index contributed by atoms with van der Waals surface area (Å²) in [7, 11) is 0. The first-order valence-corrected chi connectivity index (χ1v) is 7.96. The van der Waals surface area contributed by atoms with Crippen LogP contribution in [0.4, 0.5) is 4.79 Å². The third-order valence-corrected chi connectivity index (χ3v) is 3.83. The van der Waals surface area contributed by atoms with Gasteiger partial charge >= 0.3 is 6.09 Å². The maximum absolute atomic E-state index is 12.6. The molecule has 2 rings (SSSR count). The summed E-state index contributed by atoms with van der Waals surface area (Å²) in [6, 6.07) is 3.21. The second kappa shape index (κ2) is 6.74. The van der Waals surface area contributed by atoms with Crippen LogP contribution in [0.25, 0.3) is 0 Å². The van der Waals surface area contributed by atoms with Crippen LogP contribution in [-0.2, 0) is 4.74 Å². The first kappa shape index (κ1) is 17.5. The highest BCUT2D eigenvalue weighted by atomic mass is 35.5. The number of halogens is 1. The summed E-state index contributed by atoms with van der Waals surface area (Å²) in [6.45, 7) is 8.69. The van der Waals surface area contributed by atoms with Gasteiger partial charge in [0, 0.05) is 31.9 Å². The molecule has 1 aliphatic rings. The smallest absolute Gasteiger partial charge is 0.410 e. The molecular weight excluding hydrogens is 318 g/mol. The highest BCUT2D eigenvalue weighted by molar-refractivity contribution is 6.32. The van der Waals surface area contributed by atoms with E-state index in [9.17, 15) is 9.59 Å². The summed E-state index contributed by atoms with van der Waals surface area (Å²) >= 11 is 5.99. The Morgan fingerprint density at radius 1 is 1.35 bits per heavy atom. The van der Waals surface area contributed by atoms with Gasteiger partial charge in [0.1, 0.15) is 10.8 Å². The van der Waals surface area contributed by atoms with Crippen molar-refractivity contribution in [3.8, 4) is 0 Å². The number of piperazine rings is 1. The van der Waals surface area contributed by atoms with Gasteiger partial charge in [-0.3, -0.25) is 4.79 Å². The maximum atomic E-state index is 12.6. The zero-order valence-electron chi connectivity index (χ0n) is 13.9. The summed E-state index contributed by atoms with van der Waals surface area (Å²) < 4.78 is 5.38. The predicted octanol–water partition coefficient (Wildman–Crippen LogP) is 2.82.